The number of fused-ring (bicyclic) bond motifs is 1. The fourth-order valence-corrected chi connectivity index (χ4v) is 6.30. The Labute approximate surface area is 186 Å². The van der Waals surface area contributed by atoms with Crippen molar-refractivity contribution >= 4 is 15.9 Å². The van der Waals surface area contributed by atoms with Gasteiger partial charge in [0, 0.05) is 25.2 Å². The van der Waals surface area contributed by atoms with Gasteiger partial charge in [0.15, 0.2) is 11.5 Å². The van der Waals surface area contributed by atoms with Crippen LogP contribution >= 0.6 is 0 Å². The average molecular weight is 461 g/mol. The van der Waals surface area contributed by atoms with Crippen LogP contribution in [0.25, 0.3) is 0 Å². The minimum absolute atomic E-state index is 0.165. The Hall–Kier alpha value is -2.65. The van der Waals surface area contributed by atoms with Gasteiger partial charge in [-0.05, 0) is 61.6 Å². The normalized spacial score (nSPS) is 21.2. The van der Waals surface area contributed by atoms with Crippen LogP contribution < -0.4 is 9.47 Å². The highest BCUT2D eigenvalue weighted by atomic mass is 32.2. The van der Waals surface area contributed by atoms with E-state index in [4.69, 9.17) is 9.47 Å². The van der Waals surface area contributed by atoms with Crippen LogP contribution in [-0.4, -0.2) is 56.4 Å². The van der Waals surface area contributed by atoms with Crippen LogP contribution in [0.2, 0.25) is 0 Å². The molecule has 1 unspecified atom stereocenters. The minimum Gasteiger partial charge on any atom is -0.486 e. The number of hydrogen-bond acceptors (Lipinski definition) is 5. The van der Waals surface area contributed by atoms with Crippen LogP contribution in [0, 0.1) is 5.82 Å². The molecule has 2 saturated heterocycles. The molecule has 9 heteroatoms. The molecule has 2 aromatic carbocycles. The van der Waals surface area contributed by atoms with E-state index in [1.165, 1.54) is 16.4 Å². The molecule has 0 N–H and O–H groups in total. The van der Waals surface area contributed by atoms with Gasteiger partial charge >= 0.3 is 0 Å². The second kappa shape index (κ2) is 8.37. The summed E-state index contributed by atoms with van der Waals surface area (Å²) in [5.41, 5.74) is 1.11. The summed E-state index contributed by atoms with van der Waals surface area (Å²) in [6.07, 6.45) is 3.12. The molecule has 0 radical (unpaired) electrons. The topological polar surface area (TPSA) is 76.2 Å². The summed E-state index contributed by atoms with van der Waals surface area (Å²) in [5, 5.41) is 0. The maximum Gasteiger partial charge on any atom is 0.254 e. The van der Waals surface area contributed by atoms with Crippen LogP contribution in [-0.2, 0) is 10.0 Å². The lowest BCUT2D eigenvalue weighted by atomic mass is 10.0. The SMILES string of the molecule is O=C(c1ccc(F)c(S(=O)(=O)N2CCCC2)c1)N1CCCC1c1ccc2c(c1)OCCO2. The van der Waals surface area contributed by atoms with Gasteiger partial charge in [0.05, 0.1) is 6.04 Å². The molecule has 2 fully saturated rings. The Kier molecular flexibility index (Phi) is 5.54. The van der Waals surface area contributed by atoms with Crippen molar-refractivity contribution in [2.24, 2.45) is 0 Å². The molecule has 3 heterocycles. The predicted octanol–water partition coefficient (Wildman–Crippen LogP) is 3.36. The fraction of sp³-hybridized carbons (Fsp3) is 0.435. The molecule has 0 spiro atoms. The number of halogens is 1. The number of rotatable bonds is 4. The largest absolute Gasteiger partial charge is 0.486 e. The number of sulfonamides is 1. The van der Waals surface area contributed by atoms with E-state index in [-0.39, 0.29) is 17.5 Å². The van der Waals surface area contributed by atoms with E-state index in [1.807, 2.05) is 18.2 Å². The summed E-state index contributed by atoms with van der Waals surface area (Å²) in [6.45, 7) is 2.28. The maximum atomic E-state index is 14.5. The van der Waals surface area contributed by atoms with Crippen molar-refractivity contribution in [3.05, 3.63) is 53.3 Å². The summed E-state index contributed by atoms with van der Waals surface area (Å²) in [5.74, 6) is 0.207. The van der Waals surface area contributed by atoms with Crippen LogP contribution in [0.3, 0.4) is 0 Å². The summed E-state index contributed by atoms with van der Waals surface area (Å²) in [4.78, 5) is 14.7. The molecule has 1 atom stereocenters. The molecule has 0 bridgehead atoms. The molecule has 3 aliphatic heterocycles. The maximum absolute atomic E-state index is 14.5. The van der Waals surface area contributed by atoms with E-state index in [0.29, 0.717) is 44.3 Å². The Morgan fingerprint density at radius 3 is 2.47 bits per heavy atom. The molecule has 0 aliphatic carbocycles. The van der Waals surface area contributed by atoms with Crippen molar-refractivity contribution in [3.63, 3.8) is 0 Å². The molecule has 32 heavy (non-hydrogen) atoms. The van der Waals surface area contributed by atoms with E-state index in [0.717, 1.165) is 37.3 Å². The smallest absolute Gasteiger partial charge is 0.254 e. The van der Waals surface area contributed by atoms with Crippen LogP contribution in [0.5, 0.6) is 11.5 Å². The van der Waals surface area contributed by atoms with Gasteiger partial charge in [-0.2, -0.15) is 4.31 Å². The fourth-order valence-electron chi connectivity index (χ4n) is 4.69. The zero-order valence-electron chi connectivity index (χ0n) is 17.6. The first kappa shape index (κ1) is 21.2. The first-order chi connectivity index (χ1) is 15.4. The van der Waals surface area contributed by atoms with E-state index < -0.39 is 20.7 Å². The first-order valence-corrected chi connectivity index (χ1v) is 12.4. The molecular weight excluding hydrogens is 435 g/mol. The predicted molar refractivity (Wildman–Crippen MR) is 115 cm³/mol. The zero-order chi connectivity index (χ0) is 22.3. The van der Waals surface area contributed by atoms with Crippen molar-refractivity contribution < 1.29 is 27.1 Å². The third-order valence-electron chi connectivity index (χ3n) is 6.33. The Balaban J connectivity index is 1.43. The molecule has 3 aliphatic rings. The number of likely N-dealkylation sites (tertiary alicyclic amines) is 1. The van der Waals surface area contributed by atoms with Gasteiger partial charge in [-0.15, -0.1) is 0 Å². The molecule has 1 amide bonds. The lowest BCUT2D eigenvalue weighted by Gasteiger charge is -2.27. The lowest BCUT2D eigenvalue weighted by Crippen LogP contribution is -2.32. The monoisotopic (exact) mass is 460 g/mol. The van der Waals surface area contributed by atoms with Crippen molar-refractivity contribution in [2.45, 2.75) is 36.6 Å². The third kappa shape index (κ3) is 3.73. The number of benzene rings is 2. The minimum atomic E-state index is -3.97. The van der Waals surface area contributed by atoms with Crippen molar-refractivity contribution in [1.29, 1.82) is 0 Å². The molecular formula is C23H25FN2O5S. The van der Waals surface area contributed by atoms with Crippen LogP contribution in [0.15, 0.2) is 41.3 Å². The second-order valence-electron chi connectivity index (χ2n) is 8.32. The summed E-state index contributed by atoms with van der Waals surface area (Å²) < 4.78 is 52.9. The van der Waals surface area contributed by atoms with Gasteiger partial charge in [-0.25, -0.2) is 12.8 Å². The average Bonchev–Trinajstić information content (AvgIpc) is 3.51. The van der Waals surface area contributed by atoms with Crippen molar-refractivity contribution in [3.8, 4) is 11.5 Å². The molecule has 7 nitrogen and oxygen atoms in total. The van der Waals surface area contributed by atoms with Crippen molar-refractivity contribution in [2.75, 3.05) is 32.8 Å². The van der Waals surface area contributed by atoms with Gasteiger partial charge in [0.2, 0.25) is 10.0 Å². The molecule has 2 aromatic rings. The number of carbonyl (C=O) groups excluding carboxylic acids is 1. The third-order valence-corrected chi connectivity index (χ3v) is 8.24. The van der Waals surface area contributed by atoms with Gasteiger partial charge in [-0.1, -0.05) is 6.07 Å². The molecule has 0 aromatic heterocycles. The highest BCUT2D eigenvalue weighted by Gasteiger charge is 2.34. The summed E-state index contributed by atoms with van der Waals surface area (Å²) in [7, 11) is -3.97. The van der Waals surface area contributed by atoms with E-state index in [1.54, 1.807) is 4.90 Å². The van der Waals surface area contributed by atoms with E-state index >= 15 is 0 Å². The van der Waals surface area contributed by atoms with E-state index in [2.05, 4.69) is 0 Å². The Morgan fingerprint density at radius 1 is 0.938 bits per heavy atom. The molecule has 0 saturated carbocycles. The van der Waals surface area contributed by atoms with Crippen LogP contribution in [0.1, 0.15) is 47.6 Å². The van der Waals surface area contributed by atoms with Gasteiger partial charge in [0.1, 0.15) is 23.9 Å². The number of nitrogens with zero attached hydrogens (tertiary/aromatic N) is 2. The number of amides is 1. The highest BCUT2D eigenvalue weighted by molar-refractivity contribution is 7.89. The Bertz CT molecular complexity index is 1150. The number of ether oxygens (including phenoxy) is 2. The molecule has 5 rings (SSSR count). The second-order valence-corrected chi connectivity index (χ2v) is 10.2. The highest BCUT2D eigenvalue weighted by Crippen LogP contribution is 2.39. The standard InChI is InChI=1S/C23H25FN2O5S/c24-18-7-5-17(15-22(18)32(28,29)25-9-1-2-10-25)23(27)26-11-3-4-19(26)16-6-8-20-21(14-16)31-13-12-30-20/h5-8,14-15,19H,1-4,9-13H2. The van der Waals surface area contributed by atoms with Crippen LogP contribution in [0.4, 0.5) is 4.39 Å². The quantitative estimate of drug-likeness (QED) is 0.700. The number of carbonyl (C=O) groups is 1. The zero-order valence-corrected chi connectivity index (χ0v) is 18.4. The summed E-state index contributed by atoms with van der Waals surface area (Å²) in [6, 6.07) is 9.14. The molecule has 170 valence electrons. The Morgan fingerprint density at radius 2 is 1.69 bits per heavy atom. The number of hydrogen-bond donors (Lipinski definition) is 0. The van der Waals surface area contributed by atoms with Gasteiger partial charge < -0.3 is 14.4 Å². The van der Waals surface area contributed by atoms with Crippen molar-refractivity contribution in [1.82, 2.24) is 9.21 Å². The van der Waals surface area contributed by atoms with E-state index in [9.17, 15) is 17.6 Å². The van der Waals surface area contributed by atoms with Gasteiger partial charge in [0.25, 0.3) is 5.91 Å². The van der Waals surface area contributed by atoms with Gasteiger partial charge in [-0.3, -0.25) is 4.79 Å². The summed E-state index contributed by atoms with van der Waals surface area (Å²) >= 11 is 0. The first-order valence-electron chi connectivity index (χ1n) is 11.0. The lowest BCUT2D eigenvalue weighted by molar-refractivity contribution is 0.0734.